The molecule has 0 unspecified atom stereocenters. The third-order valence-corrected chi connectivity index (χ3v) is 2.21. The molecule has 0 aliphatic rings. The van der Waals surface area contributed by atoms with E-state index in [1.165, 1.54) is 6.07 Å². The van der Waals surface area contributed by atoms with Crippen LogP contribution in [0.15, 0.2) is 53.6 Å². The lowest BCUT2D eigenvalue weighted by atomic mass is 10.1. The highest BCUT2D eigenvalue weighted by Crippen LogP contribution is 2.24. The summed E-state index contributed by atoms with van der Waals surface area (Å²) in [5.41, 5.74) is 10.1. The van der Waals surface area contributed by atoms with E-state index in [0.29, 0.717) is 11.3 Å². The maximum atomic E-state index is 13.4. The summed E-state index contributed by atoms with van der Waals surface area (Å²) in [7, 11) is 0. The normalized spacial score (nSPS) is 9.56. The molecule has 3 nitrogen and oxygen atoms in total. The van der Waals surface area contributed by atoms with Crippen molar-refractivity contribution in [2.45, 2.75) is 0 Å². The third-order valence-electron chi connectivity index (χ3n) is 2.21. The summed E-state index contributed by atoms with van der Waals surface area (Å²) in [5.74, 6) is -0.265. The Morgan fingerprint density at radius 1 is 1.00 bits per heavy atom. The minimum Gasteiger partial charge on any atom is -0.206 e. The molecule has 2 rings (SSSR count). The van der Waals surface area contributed by atoms with Crippen molar-refractivity contribution in [3.05, 3.63) is 64.8 Å². The molecule has 2 aromatic rings. The zero-order valence-electron chi connectivity index (χ0n) is 8.34. The molecule has 0 amide bonds. The van der Waals surface area contributed by atoms with Crippen molar-refractivity contribution in [3.63, 3.8) is 0 Å². The highest BCUT2D eigenvalue weighted by molar-refractivity contribution is 5.65. The molecule has 0 saturated carbocycles. The summed E-state index contributed by atoms with van der Waals surface area (Å²) < 4.78 is 13.4. The van der Waals surface area contributed by atoms with Crippen LogP contribution in [-0.4, -0.2) is 0 Å². The van der Waals surface area contributed by atoms with Crippen molar-refractivity contribution in [2.24, 2.45) is 5.11 Å². The topological polar surface area (TPSA) is 48.8 Å². The van der Waals surface area contributed by atoms with E-state index in [2.05, 4.69) is 10.0 Å². The van der Waals surface area contributed by atoms with Gasteiger partial charge in [-0.2, -0.15) is 0 Å². The lowest BCUT2D eigenvalue weighted by Crippen LogP contribution is -1.82. The summed E-state index contributed by atoms with van der Waals surface area (Å²) in [6, 6.07) is 13.3. The Hall–Kier alpha value is -2.32. The van der Waals surface area contributed by atoms with Crippen LogP contribution in [-0.2, 0) is 0 Å². The Kier molecular flexibility index (Phi) is 2.85. The van der Waals surface area contributed by atoms with Crippen LogP contribution in [0.3, 0.4) is 0 Å². The van der Waals surface area contributed by atoms with Gasteiger partial charge in [-0.1, -0.05) is 47.6 Å². The third kappa shape index (κ3) is 2.02. The van der Waals surface area contributed by atoms with Gasteiger partial charge < -0.3 is 0 Å². The Morgan fingerprint density at radius 3 is 2.31 bits per heavy atom. The Balaban J connectivity index is 2.42. The van der Waals surface area contributed by atoms with Crippen LogP contribution in [0.25, 0.3) is 21.6 Å². The van der Waals surface area contributed by atoms with Gasteiger partial charge in [0.25, 0.3) is 0 Å². The molecule has 0 atom stereocenters. The number of hydrogen-bond donors (Lipinski definition) is 0. The predicted molar refractivity (Wildman–Crippen MR) is 60.6 cm³/mol. The van der Waals surface area contributed by atoms with E-state index in [9.17, 15) is 4.39 Å². The second-order valence-corrected chi connectivity index (χ2v) is 3.22. The molecule has 0 radical (unpaired) electrons. The van der Waals surface area contributed by atoms with Gasteiger partial charge in [0.1, 0.15) is 5.82 Å². The van der Waals surface area contributed by atoms with Gasteiger partial charge in [-0.15, -0.1) is 0 Å². The second kappa shape index (κ2) is 4.47. The van der Waals surface area contributed by atoms with Gasteiger partial charge in [-0.05, 0) is 17.2 Å². The monoisotopic (exact) mass is 213 g/mol. The van der Waals surface area contributed by atoms with E-state index in [0.717, 1.165) is 5.56 Å². The van der Waals surface area contributed by atoms with Gasteiger partial charge >= 0.3 is 0 Å². The quantitative estimate of drug-likeness (QED) is 0.402. The Morgan fingerprint density at radius 2 is 1.69 bits per heavy atom. The Labute approximate surface area is 91.8 Å². The summed E-state index contributed by atoms with van der Waals surface area (Å²) in [6.07, 6.45) is 0. The maximum Gasteiger partial charge on any atom is 0.131 e. The van der Waals surface area contributed by atoms with Gasteiger partial charge in [0.05, 0.1) is 0 Å². The smallest absolute Gasteiger partial charge is 0.131 e. The van der Waals surface area contributed by atoms with E-state index in [4.69, 9.17) is 5.53 Å². The van der Waals surface area contributed by atoms with E-state index >= 15 is 0 Å². The fourth-order valence-corrected chi connectivity index (χ4v) is 1.45. The lowest BCUT2D eigenvalue weighted by Gasteiger charge is -2.02. The molecule has 0 aliphatic carbocycles. The first-order valence-electron chi connectivity index (χ1n) is 4.71. The number of nitrogens with zero attached hydrogens (tertiary/aromatic N) is 3. The average molecular weight is 213 g/mol. The van der Waals surface area contributed by atoms with Crippen LogP contribution in [0.5, 0.6) is 0 Å². The molecular weight excluding hydrogens is 205 g/mol. The zero-order chi connectivity index (χ0) is 11.4. The van der Waals surface area contributed by atoms with Gasteiger partial charge in [0.15, 0.2) is 0 Å². The molecule has 0 bridgehead atoms. The van der Waals surface area contributed by atoms with Crippen molar-refractivity contribution in [1.82, 2.24) is 0 Å². The molecule has 78 valence electrons. The van der Waals surface area contributed by atoms with Crippen LogP contribution < -0.4 is 0 Å². The van der Waals surface area contributed by atoms with Gasteiger partial charge in [-0.25, -0.2) is 4.39 Å². The molecule has 2 aromatic carbocycles. The summed E-state index contributed by atoms with van der Waals surface area (Å²) >= 11 is 0. The lowest BCUT2D eigenvalue weighted by molar-refractivity contribution is 0.631. The maximum absolute atomic E-state index is 13.4. The molecule has 0 N–H and O–H groups in total. The van der Waals surface area contributed by atoms with Crippen molar-refractivity contribution >= 4 is 5.69 Å². The first-order valence-corrected chi connectivity index (χ1v) is 4.71. The summed E-state index contributed by atoms with van der Waals surface area (Å²) in [6.45, 7) is 0. The van der Waals surface area contributed by atoms with Gasteiger partial charge in [-0.3, -0.25) is 0 Å². The molecule has 0 aliphatic heterocycles. The van der Waals surface area contributed by atoms with Crippen LogP contribution in [0.4, 0.5) is 10.1 Å². The Bertz CT molecular complexity index is 542. The van der Waals surface area contributed by atoms with Crippen LogP contribution in [0.2, 0.25) is 0 Å². The number of halogens is 1. The first kappa shape index (κ1) is 10.2. The fourth-order valence-electron chi connectivity index (χ4n) is 1.45. The highest BCUT2D eigenvalue weighted by Gasteiger charge is 2.02. The zero-order valence-corrected chi connectivity index (χ0v) is 8.34. The SMILES string of the molecule is [N-]=[N+]=Nc1ccc(-c2ccccc2F)cc1. The molecular formula is C12H8FN3. The van der Waals surface area contributed by atoms with E-state index in [-0.39, 0.29) is 5.82 Å². The molecule has 16 heavy (non-hydrogen) atoms. The highest BCUT2D eigenvalue weighted by atomic mass is 19.1. The van der Waals surface area contributed by atoms with Crippen LogP contribution in [0, 0.1) is 5.82 Å². The van der Waals surface area contributed by atoms with Gasteiger partial charge in [0.2, 0.25) is 0 Å². The predicted octanol–water partition coefficient (Wildman–Crippen LogP) is 4.43. The van der Waals surface area contributed by atoms with Crippen molar-refractivity contribution in [2.75, 3.05) is 0 Å². The van der Waals surface area contributed by atoms with Crippen molar-refractivity contribution in [3.8, 4) is 11.1 Å². The molecule has 4 heteroatoms. The van der Waals surface area contributed by atoms with E-state index < -0.39 is 0 Å². The van der Waals surface area contributed by atoms with Crippen molar-refractivity contribution in [1.29, 1.82) is 0 Å². The number of hydrogen-bond acceptors (Lipinski definition) is 1. The largest absolute Gasteiger partial charge is 0.206 e. The number of azide groups is 1. The summed E-state index contributed by atoms with van der Waals surface area (Å²) in [4.78, 5) is 2.68. The molecule has 0 saturated heterocycles. The minimum atomic E-state index is -0.265. The minimum absolute atomic E-state index is 0.265. The number of benzene rings is 2. The fraction of sp³-hybridized carbons (Fsp3) is 0. The van der Waals surface area contributed by atoms with Crippen LogP contribution >= 0.6 is 0 Å². The second-order valence-electron chi connectivity index (χ2n) is 3.22. The van der Waals surface area contributed by atoms with Gasteiger partial charge in [0, 0.05) is 16.2 Å². The molecule has 0 heterocycles. The molecule has 0 spiro atoms. The standard InChI is InChI=1S/C12H8FN3/c13-12-4-2-1-3-11(12)9-5-7-10(8-6-9)15-16-14/h1-8H. The first-order chi connectivity index (χ1) is 7.81. The van der Waals surface area contributed by atoms with Crippen molar-refractivity contribution < 1.29 is 4.39 Å². The van der Waals surface area contributed by atoms with Crippen LogP contribution in [0.1, 0.15) is 0 Å². The molecule has 0 fully saturated rings. The number of rotatable bonds is 2. The summed E-state index contributed by atoms with van der Waals surface area (Å²) in [5, 5.41) is 3.45. The van der Waals surface area contributed by atoms with E-state index in [1.807, 2.05) is 0 Å². The average Bonchev–Trinajstić information content (AvgIpc) is 2.31. The molecule has 0 aromatic heterocycles. The van der Waals surface area contributed by atoms with E-state index in [1.54, 1.807) is 42.5 Å².